The van der Waals surface area contributed by atoms with Gasteiger partial charge < -0.3 is 5.11 Å². The van der Waals surface area contributed by atoms with Gasteiger partial charge in [-0.25, -0.2) is 5.06 Å². The van der Waals surface area contributed by atoms with Crippen molar-refractivity contribution < 1.29 is 19.5 Å². The van der Waals surface area contributed by atoms with E-state index in [4.69, 9.17) is 9.94 Å². The highest BCUT2D eigenvalue weighted by Gasteiger charge is 2.11. The first-order valence-corrected chi connectivity index (χ1v) is 5.26. The van der Waals surface area contributed by atoms with Gasteiger partial charge >= 0.3 is 5.97 Å². The number of hydrogen-bond donors (Lipinski definition) is 1. The summed E-state index contributed by atoms with van der Waals surface area (Å²) < 4.78 is 0. The van der Waals surface area contributed by atoms with Crippen molar-refractivity contribution in [3.63, 3.8) is 0 Å². The highest BCUT2D eigenvalue weighted by atomic mass is 16.7. The molecule has 1 amide bonds. The molecule has 0 saturated carbocycles. The number of carbonyl (C=O) groups is 2. The van der Waals surface area contributed by atoms with E-state index < -0.39 is 5.97 Å². The van der Waals surface area contributed by atoms with Gasteiger partial charge in [0.2, 0.25) is 5.91 Å². The summed E-state index contributed by atoms with van der Waals surface area (Å²) in [6.45, 7) is 1.64. The van der Waals surface area contributed by atoms with Crippen LogP contribution >= 0.6 is 0 Å². The normalized spacial score (nSPS) is 9.94. The van der Waals surface area contributed by atoms with E-state index in [9.17, 15) is 9.59 Å². The minimum Gasteiger partial charge on any atom is -0.481 e. The van der Waals surface area contributed by atoms with Crippen LogP contribution in [-0.4, -0.2) is 28.6 Å². The molecule has 17 heavy (non-hydrogen) atoms. The maximum absolute atomic E-state index is 11.2. The van der Waals surface area contributed by atoms with Gasteiger partial charge in [-0.15, -0.1) is 0 Å². The van der Waals surface area contributed by atoms with E-state index in [1.165, 1.54) is 6.92 Å². The quantitative estimate of drug-likeness (QED) is 0.760. The fourth-order valence-electron chi connectivity index (χ4n) is 1.24. The van der Waals surface area contributed by atoms with Crippen molar-refractivity contribution in [2.24, 2.45) is 0 Å². The Bertz CT molecular complexity index is 377. The Morgan fingerprint density at radius 2 is 1.94 bits per heavy atom. The lowest BCUT2D eigenvalue weighted by molar-refractivity contribution is -0.190. The lowest BCUT2D eigenvalue weighted by Gasteiger charge is -2.19. The molecule has 92 valence electrons. The van der Waals surface area contributed by atoms with Gasteiger partial charge in [0.15, 0.2) is 0 Å². The molecule has 1 aromatic rings. The van der Waals surface area contributed by atoms with Crippen LogP contribution in [0.4, 0.5) is 0 Å². The van der Waals surface area contributed by atoms with Crippen LogP contribution < -0.4 is 0 Å². The van der Waals surface area contributed by atoms with E-state index in [0.29, 0.717) is 0 Å². The minimum absolute atomic E-state index is 0.0531. The second kappa shape index (κ2) is 6.65. The van der Waals surface area contributed by atoms with Crippen molar-refractivity contribution in [3.8, 4) is 0 Å². The zero-order chi connectivity index (χ0) is 12.7. The fourth-order valence-corrected chi connectivity index (χ4v) is 1.24. The summed E-state index contributed by atoms with van der Waals surface area (Å²) in [5.74, 6) is -1.26. The van der Waals surface area contributed by atoms with Gasteiger partial charge in [-0.05, 0) is 5.56 Å². The van der Waals surface area contributed by atoms with Gasteiger partial charge in [0, 0.05) is 6.92 Å². The number of rotatable bonds is 6. The van der Waals surface area contributed by atoms with E-state index in [0.717, 1.165) is 10.6 Å². The first kappa shape index (κ1) is 13.2. The summed E-state index contributed by atoms with van der Waals surface area (Å²) in [4.78, 5) is 26.9. The Hall–Kier alpha value is -1.88. The molecule has 0 spiro atoms. The molecule has 5 heteroatoms. The standard InChI is InChI=1S/C12H15NO4/c1-10(14)13(8-7-12(15)16)17-9-11-5-3-2-4-6-11/h2-6H,7-9H2,1H3,(H,15,16). The Kier molecular flexibility index (Phi) is 5.16. The van der Waals surface area contributed by atoms with Crippen LogP contribution in [0.5, 0.6) is 0 Å². The average Bonchev–Trinajstić information content (AvgIpc) is 2.29. The smallest absolute Gasteiger partial charge is 0.305 e. The molecule has 0 saturated heterocycles. The number of carboxylic acid groups (broad SMARTS) is 1. The SMILES string of the molecule is CC(=O)N(CCC(=O)O)OCc1ccccc1. The Morgan fingerprint density at radius 3 is 2.47 bits per heavy atom. The second-order valence-corrected chi connectivity index (χ2v) is 3.52. The molecule has 0 atom stereocenters. The molecule has 0 unspecified atom stereocenters. The molecule has 0 radical (unpaired) electrons. The summed E-state index contributed by atoms with van der Waals surface area (Å²) in [5, 5.41) is 9.61. The summed E-state index contributed by atoms with van der Waals surface area (Å²) in [6.07, 6.45) is -0.131. The lowest BCUT2D eigenvalue weighted by atomic mass is 10.2. The van der Waals surface area contributed by atoms with Gasteiger partial charge in [-0.3, -0.25) is 14.4 Å². The van der Waals surface area contributed by atoms with Crippen molar-refractivity contribution in [2.75, 3.05) is 6.54 Å². The highest BCUT2D eigenvalue weighted by Crippen LogP contribution is 2.04. The molecule has 1 aromatic carbocycles. The maximum Gasteiger partial charge on any atom is 0.305 e. The van der Waals surface area contributed by atoms with E-state index in [-0.39, 0.29) is 25.5 Å². The molecule has 0 fully saturated rings. The zero-order valence-corrected chi connectivity index (χ0v) is 9.63. The largest absolute Gasteiger partial charge is 0.481 e. The van der Waals surface area contributed by atoms with Gasteiger partial charge in [0.25, 0.3) is 0 Å². The molecule has 0 aromatic heterocycles. The van der Waals surface area contributed by atoms with Crippen molar-refractivity contribution >= 4 is 11.9 Å². The van der Waals surface area contributed by atoms with E-state index in [1.54, 1.807) is 0 Å². The number of amides is 1. The predicted molar refractivity (Wildman–Crippen MR) is 60.9 cm³/mol. The molecule has 1 rings (SSSR count). The number of carboxylic acids is 1. The van der Waals surface area contributed by atoms with Crippen LogP contribution in [-0.2, 0) is 21.0 Å². The maximum atomic E-state index is 11.2. The van der Waals surface area contributed by atoms with Crippen LogP contribution in [0.25, 0.3) is 0 Å². The monoisotopic (exact) mass is 237 g/mol. The van der Waals surface area contributed by atoms with Gasteiger partial charge in [-0.2, -0.15) is 0 Å². The summed E-state index contributed by atoms with van der Waals surface area (Å²) in [7, 11) is 0. The number of aliphatic carboxylic acids is 1. The molecule has 0 aliphatic carbocycles. The van der Waals surface area contributed by atoms with Crippen molar-refractivity contribution in [3.05, 3.63) is 35.9 Å². The van der Waals surface area contributed by atoms with Gasteiger partial charge in [0.1, 0.15) is 6.61 Å². The number of hydrogen-bond acceptors (Lipinski definition) is 3. The van der Waals surface area contributed by atoms with E-state index >= 15 is 0 Å². The third-order valence-electron chi connectivity index (χ3n) is 2.11. The Morgan fingerprint density at radius 1 is 1.29 bits per heavy atom. The summed E-state index contributed by atoms with van der Waals surface area (Å²) in [5.41, 5.74) is 0.925. The predicted octanol–water partition coefficient (Wildman–Crippen LogP) is 1.44. The lowest BCUT2D eigenvalue weighted by Crippen LogP contribution is -2.31. The van der Waals surface area contributed by atoms with Crippen LogP contribution in [0.1, 0.15) is 18.9 Å². The van der Waals surface area contributed by atoms with Crippen LogP contribution in [0.3, 0.4) is 0 Å². The van der Waals surface area contributed by atoms with E-state index in [1.807, 2.05) is 30.3 Å². The van der Waals surface area contributed by atoms with Crippen LogP contribution in [0, 0.1) is 0 Å². The topological polar surface area (TPSA) is 66.8 Å². The minimum atomic E-state index is -0.959. The Balaban J connectivity index is 2.45. The molecule has 1 N–H and O–H groups in total. The van der Waals surface area contributed by atoms with Crippen molar-refractivity contribution in [2.45, 2.75) is 20.0 Å². The third-order valence-corrected chi connectivity index (χ3v) is 2.11. The first-order chi connectivity index (χ1) is 8.09. The molecular formula is C12H15NO4. The molecule has 0 aliphatic heterocycles. The van der Waals surface area contributed by atoms with Crippen molar-refractivity contribution in [1.29, 1.82) is 0 Å². The molecule has 5 nitrogen and oxygen atoms in total. The van der Waals surface area contributed by atoms with Gasteiger partial charge in [0.05, 0.1) is 13.0 Å². The fraction of sp³-hybridized carbons (Fsp3) is 0.333. The number of nitrogens with zero attached hydrogens (tertiary/aromatic N) is 1. The molecule has 0 bridgehead atoms. The average molecular weight is 237 g/mol. The Labute approximate surface area is 99.6 Å². The summed E-state index contributed by atoms with van der Waals surface area (Å²) in [6, 6.07) is 9.36. The van der Waals surface area contributed by atoms with Crippen molar-refractivity contribution in [1.82, 2.24) is 5.06 Å². The highest BCUT2D eigenvalue weighted by molar-refractivity contribution is 5.73. The molecule has 0 aliphatic rings. The number of hydroxylamine groups is 2. The van der Waals surface area contributed by atoms with E-state index in [2.05, 4.69) is 0 Å². The molecular weight excluding hydrogens is 222 g/mol. The second-order valence-electron chi connectivity index (χ2n) is 3.52. The van der Waals surface area contributed by atoms with Gasteiger partial charge in [-0.1, -0.05) is 30.3 Å². The summed E-state index contributed by atoms with van der Waals surface area (Å²) >= 11 is 0. The molecule has 0 heterocycles. The number of benzene rings is 1. The van der Waals surface area contributed by atoms with Crippen LogP contribution in [0.2, 0.25) is 0 Å². The van der Waals surface area contributed by atoms with Crippen LogP contribution in [0.15, 0.2) is 30.3 Å². The third kappa shape index (κ3) is 5.12. The first-order valence-electron chi connectivity index (χ1n) is 5.26. The number of carbonyl (C=O) groups excluding carboxylic acids is 1. The zero-order valence-electron chi connectivity index (χ0n) is 9.63.